The summed E-state index contributed by atoms with van der Waals surface area (Å²) in [6, 6.07) is 8.82. The molecule has 0 radical (unpaired) electrons. The molecule has 3 rings (SSSR count). The molecule has 1 aliphatic rings. The molecular weight excluding hydrogens is 362 g/mol. The van der Waals surface area contributed by atoms with Gasteiger partial charge in [-0.15, -0.1) is 11.3 Å². The van der Waals surface area contributed by atoms with Gasteiger partial charge in [-0.25, -0.2) is 9.59 Å². The Morgan fingerprint density at radius 1 is 1.22 bits per heavy atom. The lowest BCUT2D eigenvalue weighted by atomic mass is 9.87. The zero-order chi connectivity index (χ0) is 19.6. The number of carbonyl (C=O) groups excluding carboxylic acids is 2. The van der Waals surface area contributed by atoms with Gasteiger partial charge in [-0.3, -0.25) is 10.2 Å². The zero-order valence-electron chi connectivity index (χ0n) is 16.1. The first-order chi connectivity index (χ1) is 12.8. The number of carbonyl (C=O) groups is 2. The van der Waals surface area contributed by atoms with Crippen LogP contribution in [0.1, 0.15) is 41.6 Å². The Balaban J connectivity index is 1.90. The topological polar surface area (TPSA) is 70.7 Å². The minimum Gasteiger partial charge on any atom is -0.462 e. The second-order valence-corrected chi connectivity index (χ2v) is 8.32. The fraction of sp³-hybridized carbons (Fsp3) is 0.400. The molecule has 0 bridgehead atoms. The molecule has 1 aliphatic heterocycles. The lowest BCUT2D eigenvalue weighted by molar-refractivity contribution is 0.0524. The molecule has 0 unspecified atom stereocenters. The Bertz CT molecular complexity index is 846. The normalized spacial score (nSPS) is 15.7. The van der Waals surface area contributed by atoms with E-state index in [2.05, 4.69) is 36.4 Å². The molecule has 2 N–H and O–H groups in total. The Kier molecular flexibility index (Phi) is 5.53. The number of benzene rings is 1. The van der Waals surface area contributed by atoms with Crippen LogP contribution in [0.25, 0.3) is 0 Å². The second-order valence-electron chi connectivity index (χ2n) is 7.22. The van der Waals surface area contributed by atoms with Gasteiger partial charge in [-0.2, -0.15) is 0 Å². The van der Waals surface area contributed by atoms with Gasteiger partial charge in [-0.1, -0.05) is 18.2 Å². The van der Waals surface area contributed by atoms with Crippen LogP contribution < -0.4 is 10.6 Å². The average Bonchev–Trinajstić information content (AvgIpc) is 2.92. The first-order valence-corrected chi connectivity index (χ1v) is 9.79. The van der Waals surface area contributed by atoms with Gasteiger partial charge in [0.25, 0.3) is 0 Å². The fourth-order valence-electron chi connectivity index (χ4n) is 3.12. The van der Waals surface area contributed by atoms with Crippen molar-refractivity contribution in [2.24, 2.45) is 0 Å². The van der Waals surface area contributed by atoms with Crippen LogP contribution in [0.5, 0.6) is 0 Å². The largest absolute Gasteiger partial charge is 0.462 e. The zero-order valence-corrected chi connectivity index (χ0v) is 16.9. The van der Waals surface area contributed by atoms with Gasteiger partial charge in [0.15, 0.2) is 0 Å². The standard InChI is InChI=1S/C20H25N3O3S/c1-5-26-18(24)16-14-11-20(2,3)23(4)12-15(14)27-17(16)22-19(25)21-13-9-7-6-8-10-13/h6-10H,5,11-12H2,1-4H3,(H2,21,22,25). The summed E-state index contributed by atoms with van der Waals surface area (Å²) in [6.07, 6.45) is 0.728. The summed E-state index contributed by atoms with van der Waals surface area (Å²) in [4.78, 5) is 28.4. The number of para-hydroxylation sites is 1. The van der Waals surface area contributed by atoms with Crippen molar-refractivity contribution in [1.29, 1.82) is 0 Å². The smallest absolute Gasteiger partial charge is 0.341 e. The van der Waals surface area contributed by atoms with E-state index in [9.17, 15) is 9.59 Å². The van der Waals surface area contributed by atoms with Crippen LogP contribution in [-0.2, 0) is 17.7 Å². The van der Waals surface area contributed by atoms with E-state index in [1.807, 2.05) is 30.3 Å². The highest BCUT2D eigenvalue weighted by Gasteiger charge is 2.36. The predicted molar refractivity (Wildman–Crippen MR) is 109 cm³/mol. The van der Waals surface area contributed by atoms with Crippen LogP contribution in [0.3, 0.4) is 0 Å². The van der Waals surface area contributed by atoms with Crippen LogP contribution in [0, 0.1) is 0 Å². The number of hydrogen-bond donors (Lipinski definition) is 2. The van der Waals surface area contributed by atoms with Crippen LogP contribution in [0.4, 0.5) is 15.5 Å². The van der Waals surface area contributed by atoms with E-state index in [1.54, 1.807) is 6.92 Å². The average molecular weight is 388 g/mol. The van der Waals surface area contributed by atoms with Gasteiger partial charge in [0.05, 0.1) is 12.2 Å². The van der Waals surface area contributed by atoms with E-state index < -0.39 is 0 Å². The molecule has 2 amide bonds. The number of rotatable bonds is 4. The van der Waals surface area contributed by atoms with Crippen molar-refractivity contribution in [3.63, 3.8) is 0 Å². The summed E-state index contributed by atoms with van der Waals surface area (Å²) < 4.78 is 5.27. The van der Waals surface area contributed by atoms with Gasteiger partial charge in [0, 0.05) is 22.6 Å². The number of fused-ring (bicyclic) bond motifs is 1. The SMILES string of the molecule is CCOC(=O)c1c(NC(=O)Nc2ccccc2)sc2c1CC(C)(C)N(C)C2. The van der Waals surface area contributed by atoms with Crippen LogP contribution in [0.2, 0.25) is 0 Å². The summed E-state index contributed by atoms with van der Waals surface area (Å²) in [7, 11) is 2.07. The highest BCUT2D eigenvalue weighted by atomic mass is 32.1. The Labute approximate surface area is 163 Å². The molecule has 1 aromatic carbocycles. The Morgan fingerprint density at radius 2 is 1.93 bits per heavy atom. The molecule has 144 valence electrons. The quantitative estimate of drug-likeness (QED) is 0.766. The van der Waals surface area contributed by atoms with Gasteiger partial charge in [-0.05, 0) is 51.9 Å². The lowest BCUT2D eigenvalue weighted by Crippen LogP contribution is -2.45. The molecule has 7 heteroatoms. The summed E-state index contributed by atoms with van der Waals surface area (Å²) in [5.74, 6) is -0.384. The van der Waals surface area contributed by atoms with Crippen LogP contribution >= 0.6 is 11.3 Å². The van der Waals surface area contributed by atoms with Gasteiger partial charge in [0.2, 0.25) is 0 Å². The van der Waals surface area contributed by atoms with Gasteiger partial charge >= 0.3 is 12.0 Å². The van der Waals surface area contributed by atoms with Crippen LogP contribution in [-0.4, -0.2) is 36.1 Å². The monoisotopic (exact) mass is 387 g/mol. The van der Waals surface area contributed by atoms with Gasteiger partial charge < -0.3 is 10.1 Å². The van der Waals surface area contributed by atoms with Crippen molar-refractivity contribution in [2.45, 2.75) is 39.3 Å². The highest BCUT2D eigenvalue weighted by Crippen LogP contribution is 2.41. The minimum absolute atomic E-state index is 0.0706. The van der Waals surface area contributed by atoms with E-state index in [0.29, 0.717) is 22.9 Å². The third-order valence-corrected chi connectivity index (χ3v) is 5.98. The molecule has 0 fully saturated rings. The van der Waals surface area contributed by atoms with Crippen molar-refractivity contribution in [2.75, 3.05) is 24.3 Å². The molecular formula is C20H25N3O3S. The van der Waals surface area contributed by atoms with Crippen molar-refractivity contribution in [3.05, 3.63) is 46.3 Å². The molecule has 0 aliphatic carbocycles. The number of nitrogens with zero attached hydrogens (tertiary/aromatic N) is 1. The number of esters is 1. The third-order valence-electron chi connectivity index (χ3n) is 4.85. The molecule has 0 saturated carbocycles. The molecule has 0 spiro atoms. The van der Waals surface area contributed by atoms with Crippen LogP contribution in [0.15, 0.2) is 30.3 Å². The van der Waals surface area contributed by atoms with Crippen molar-refractivity contribution in [1.82, 2.24) is 4.90 Å². The number of likely N-dealkylation sites (N-methyl/N-ethyl adjacent to an activating group) is 1. The van der Waals surface area contributed by atoms with E-state index in [1.165, 1.54) is 11.3 Å². The third kappa shape index (κ3) is 4.14. The predicted octanol–water partition coefficient (Wildman–Crippen LogP) is 4.34. The lowest BCUT2D eigenvalue weighted by Gasteiger charge is -2.39. The number of thiophene rings is 1. The number of anilines is 2. The number of urea groups is 1. The molecule has 2 aromatic rings. The summed E-state index contributed by atoms with van der Waals surface area (Å²) in [5, 5.41) is 6.17. The molecule has 6 nitrogen and oxygen atoms in total. The number of ether oxygens (including phenoxy) is 1. The molecule has 27 heavy (non-hydrogen) atoms. The van der Waals surface area contributed by atoms with Crippen molar-refractivity contribution < 1.29 is 14.3 Å². The molecule has 2 heterocycles. The second kappa shape index (κ2) is 7.70. The van der Waals surface area contributed by atoms with E-state index in [4.69, 9.17) is 4.74 Å². The molecule has 1 aromatic heterocycles. The van der Waals surface area contributed by atoms with E-state index in [-0.39, 0.29) is 17.5 Å². The maximum Gasteiger partial charge on any atom is 0.341 e. The van der Waals surface area contributed by atoms with E-state index in [0.717, 1.165) is 23.4 Å². The summed E-state index contributed by atoms with van der Waals surface area (Å²) in [6.45, 7) is 7.11. The first-order valence-electron chi connectivity index (χ1n) is 8.97. The number of amides is 2. The van der Waals surface area contributed by atoms with Crippen molar-refractivity contribution in [3.8, 4) is 0 Å². The molecule has 0 atom stereocenters. The fourth-order valence-corrected chi connectivity index (χ4v) is 4.37. The highest BCUT2D eigenvalue weighted by molar-refractivity contribution is 7.17. The minimum atomic E-state index is -0.384. The maximum absolute atomic E-state index is 12.6. The summed E-state index contributed by atoms with van der Waals surface area (Å²) in [5.41, 5.74) is 2.09. The van der Waals surface area contributed by atoms with E-state index >= 15 is 0 Å². The Morgan fingerprint density at radius 3 is 2.59 bits per heavy atom. The maximum atomic E-state index is 12.6. The summed E-state index contributed by atoms with van der Waals surface area (Å²) >= 11 is 1.45. The number of hydrogen-bond acceptors (Lipinski definition) is 5. The van der Waals surface area contributed by atoms with Gasteiger partial charge in [0.1, 0.15) is 5.00 Å². The Hall–Kier alpha value is -2.38. The first kappa shape index (κ1) is 19.4. The number of nitrogens with one attached hydrogen (secondary N) is 2. The molecule has 0 saturated heterocycles. The van der Waals surface area contributed by atoms with Crippen molar-refractivity contribution >= 4 is 34.0 Å².